The summed E-state index contributed by atoms with van der Waals surface area (Å²) in [4.78, 5) is 26.2. The van der Waals surface area contributed by atoms with Gasteiger partial charge in [-0.2, -0.15) is 0 Å². The first-order valence-corrected chi connectivity index (χ1v) is 9.66. The van der Waals surface area contributed by atoms with E-state index in [9.17, 15) is 14.7 Å². The molecule has 1 amide bonds. The molecular weight excluding hydrogens is 314 g/mol. The smallest absolute Gasteiger partial charge is 0.306 e. The number of aliphatic carboxylic acids is 1. The van der Waals surface area contributed by atoms with Crippen molar-refractivity contribution in [3.63, 3.8) is 0 Å². The second kappa shape index (κ2) is 8.03. The fourth-order valence-corrected chi connectivity index (χ4v) is 4.68. The molecule has 0 bridgehead atoms. The average Bonchev–Trinajstić information content (AvgIpc) is 2.67. The molecule has 4 atom stereocenters. The molecule has 1 saturated carbocycles. The van der Waals surface area contributed by atoms with Gasteiger partial charge in [-0.25, -0.2) is 0 Å². The van der Waals surface area contributed by atoms with Crippen molar-refractivity contribution in [2.75, 3.05) is 13.1 Å². The summed E-state index contributed by atoms with van der Waals surface area (Å²) in [6, 6.07) is 10.6. The van der Waals surface area contributed by atoms with E-state index in [1.165, 1.54) is 5.56 Å². The highest BCUT2D eigenvalue weighted by Gasteiger charge is 2.37. The zero-order valence-corrected chi connectivity index (χ0v) is 15.1. The number of hydrogen-bond donors (Lipinski definition) is 1. The molecule has 4 nitrogen and oxygen atoms in total. The second-order valence-corrected chi connectivity index (χ2v) is 7.66. The van der Waals surface area contributed by atoms with Crippen molar-refractivity contribution < 1.29 is 14.7 Å². The second-order valence-electron chi connectivity index (χ2n) is 7.66. The number of carbonyl (C=O) groups excluding carboxylic acids is 1. The molecule has 0 aromatic heterocycles. The minimum atomic E-state index is -0.744. The van der Waals surface area contributed by atoms with E-state index in [1.54, 1.807) is 0 Å². The number of nitrogens with zero attached hydrogens (tertiary/aromatic N) is 1. The molecule has 1 saturated heterocycles. The highest BCUT2D eigenvalue weighted by atomic mass is 16.4. The zero-order valence-electron chi connectivity index (χ0n) is 15.1. The first kappa shape index (κ1) is 18.0. The fraction of sp³-hybridized carbons (Fsp3) is 0.619. The van der Waals surface area contributed by atoms with Gasteiger partial charge in [-0.15, -0.1) is 0 Å². The lowest BCUT2D eigenvalue weighted by Crippen LogP contribution is -2.46. The molecule has 136 valence electrons. The van der Waals surface area contributed by atoms with Crippen molar-refractivity contribution in [3.05, 3.63) is 35.9 Å². The Labute approximate surface area is 150 Å². The van der Waals surface area contributed by atoms with E-state index in [1.807, 2.05) is 11.0 Å². The quantitative estimate of drug-likeness (QED) is 0.901. The van der Waals surface area contributed by atoms with Crippen LogP contribution in [-0.4, -0.2) is 35.0 Å². The maximum Gasteiger partial charge on any atom is 0.306 e. The summed E-state index contributed by atoms with van der Waals surface area (Å²) in [5.74, 6) is 0.0159. The van der Waals surface area contributed by atoms with Gasteiger partial charge in [0, 0.05) is 19.0 Å². The van der Waals surface area contributed by atoms with E-state index in [2.05, 4.69) is 31.2 Å². The molecule has 1 aliphatic heterocycles. The summed E-state index contributed by atoms with van der Waals surface area (Å²) in [7, 11) is 0. The van der Waals surface area contributed by atoms with Crippen LogP contribution in [0.15, 0.2) is 30.3 Å². The summed E-state index contributed by atoms with van der Waals surface area (Å²) in [5.41, 5.74) is 1.38. The fourth-order valence-electron chi connectivity index (χ4n) is 4.68. The molecule has 2 fully saturated rings. The largest absolute Gasteiger partial charge is 0.481 e. The van der Waals surface area contributed by atoms with Gasteiger partial charge in [0.1, 0.15) is 0 Å². The predicted octanol–water partition coefficient (Wildman–Crippen LogP) is 3.92. The number of piperidine rings is 1. The molecule has 1 heterocycles. The Bertz CT molecular complexity index is 600. The zero-order chi connectivity index (χ0) is 17.8. The SMILES string of the molecule is CCC1CN(C(=O)C2CCCC(C(=O)O)C2)CCC1c1ccccc1. The van der Waals surface area contributed by atoms with Crippen LogP contribution in [-0.2, 0) is 9.59 Å². The van der Waals surface area contributed by atoms with E-state index >= 15 is 0 Å². The maximum absolute atomic E-state index is 13.0. The molecule has 4 unspecified atom stereocenters. The predicted molar refractivity (Wildman–Crippen MR) is 97.2 cm³/mol. The van der Waals surface area contributed by atoms with Crippen molar-refractivity contribution in [2.24, 2.45) is 17.8 Å². The van der Waals surface area contributed by atoms with E-state index < -0.39 is 5.97 Å². The number of rotatable bonds is 4. The molecule has 4 heteroatoms. The lowest BCUT2D eigenvalue weighted by Gasteiger charge is -2.41. The number of hydrogen-bond acceptors (Lipinski definition) is 2. The van der Waals surface area contributed by atoms with Crippen molar-refractivity contribution in [3.8, 4) is 0 Å². The van der Waals surface area contributed by atoms with E-state index in [0.717, 1.165) is 38.8 Å². The van der Waals surface area contributed by atoms with Gasteiger partial charge in [-0.3, -0.25) is 9.59 Å². The summed E-state index contributed by atoms with van der Waals surface area (Å²) in [6.45, 7) is 3.81. The van der Waals surface area contributed by atoms with Crippen LogP contribution in [0.2, 0.25) is 0 Å². The Kier molecular flexibility index (Phi) is 5.77. The van der Waals surface area contributed by atoms with Crippen molar-refractivity contribution in [1.82, 2.24) is 4.90 Å². The number of benzene rings is 1. The van der Waals surface area contributed by atoms with E-state index in [-0.39, 0.29) is 17.7 Å². The third-order valence-corrected chi connectivity index (χ3v) is 6.17. The number of amides is 1. The van der Waals surface area contributed by atoms with Crippen LogP contribution in [0.4, 0.5) is 0 Å². The van der Waals surface area contributed by atoms with Gasteiger partial charge in [0.05, 0.1) is 5.92 Å². The topological polar surface area (TPSA) is 57.6 Å². The monoisotopic (exact) mass is 343 g/mol. The molecule has 1 aromatic rings. The van der Waals surface area contributed by atoms with E-state index in [0.29, 0.717) is 24.7 Å². The van der Waals surface area contributed by atoms with Gasteiger partial charge < -0.3 is 10.0 Å². The summed E-state index contributed by atoms with van der Waals surface area (Å²) in [6.07, 6.45) is 4.99. The lowest BCUT2D eigenvalue weighted by molar-refractivity contribution is -0.146. The van der Waals surface area contributed by atoms with Crippen LogP contribution in [0, 0.1) is 17.8 Å². The van der Waals surface area contributed by atoms with Gasteiger partial charge >= 0.3 is 5.97 Å². The van der Waals surface area contributed by atoms with Gasteiger partial charge in [-0.1, -0.05) is 50.1 Å². The van der Waals surface area contributed by atoms with Gasteiger partial charge in [0.25, 0.3) is 0 Å². The molecule has 25 heavy (non-hydrogen) atoms. The van der Waals surface area contributed by atoms with Gasteiger partial charge in [0.15, 0.2) is 0 Å². The third kappa shape index (κ3) is 4.05. The normalized spacial score (nSPS) is 30.0. The Morgan fingerprint density at radius 1 is 1.12 bits per heavy atom. The maximum atomic E-state index is 13.0. The van der Waals surface area contributed by atoms with Crippen LogP contribution in [0.5, 0.6) is 0 Å². The lowest BCUT2D eigenvalue weighted by atomic mass is 9.77. The standard InChI is InChI=1S/C21H29NO3/c1-2-15-14-22(12-11-19(15)16-7-4-3-5-8-16)20(23)17-9-6-10-18(13-17)21(24)25/h3-5,7-8,15,17-19H,2,6,9-14H2,1H3,(H,24,25). The van der Waals surface area contributed by atoms with Crippen molar-refractivity contribution in [1.29, 1.82) is 0 Å². The summed E-state index contributed by atoms with van der Waals surface area (Å²) < 4.78 is 0. The van der Waals surface area contributed by atoms with E-state index in [4.69, 9.17) is 0 Å². The van der Waals surface area contributed by atoms with Crippen LogP contribution < -0.4 is 0 Å². The van der Waals surface area contributed by atoms with Crippen LogP contribution in [0.3, 0.4) is 0 Å². The third-order valence-electron chi connectivity index (χ3n) is 6.17. The molecule has 0 radical (unpaired) electrons. The number of likely N-dealkylation sites (tertiary alicyclic amines) is 1. The van der Waals surface area contributed by atoms with Crippen LogP contribution >= 0.6 is 0 Å². The number of carbonyl (C=O) groups is 2. The molecule has 3 rings (SSSR count). The highest BCUT2D eigenvalue weighted by Crippen LogP contribution is 2.37. The Hall–Kier alpha value is -1.84. The Morgan fingerprint density at radius 3 is 2.52 bits per heavy atom. The van der Waals surface area contributed by atoms with Crippen LogP contribution in [0.25, 0.3) is 0 Å². The number of carboxylic acids is 1. The average molecular weight is 343 g/mol. The minimum absolute atomic E-state index is 0.0966. The first-order chi connectivity index (χ1) is 12.1. The number of carboxylic acid groups (broad SMARTS) is 1. The molecular formula is C21H29NO3. The highest BCUT2D eigenvalue weighted by molar-refractivity contribution is 5.80. The molecule has 0 spiro atoms. The van der Waals surface area contributed by atoms with Crippen molar-refractivity contribution >= 4 is 11.9 Å². The summed E-state index contributed by atoms with van der Waals surface area (Å²) in [5, 5.41) is 9.26. The summed E-state index contributed by atoms with van der Waals surface area (Å²) >= 11 is 0. The molecule has 1 aliphatic carbocycles. The van der Waals surface area contributed by atoms with Crippen LogP contribution in [0.1, 0.15) is 56.9 Å². The van der Waals surface area contributed by atoms with Gasteiger partial charge in [0.2, 0.25) is 5.91 Å². The minimum Gasteiger partial charge on any atom is -0.481 e. The first-order valence-electron chi connectivity index (χ1n) is 9.66. The molecule has 2 aliphatic rings. The molecule has 1 aromatic carbocycles. The van der Waals surface area contributed by atoms with Crippen molar-refractivity contribution in [2.45, 2.75) is 51.4 Å². The van der Waals surface area contributed by atoms with Gasteiger partial charge in [-0.05, 0) is 43.1 Å². The molecule has 1 N–H and O–H groups in total. The Morgan fingerprint density at radius 2 is 1.84 bits per heavy atom. The Balaban J connectivity index is 1.64.